The van der Waals surface area contributed by atoms with Gasteiger partial charge in [-0.15, -0.1) is 0 Å². The molecule has 0 spiro atoms. The number of benzene rings is 1. The number of amides is 2. The first-order valence-electron chi connectivity index (χ1n) is 7.29. The van der Waals surface area contributed by atoms with E-state index in [-0.39, 0.29) is 11.8 Å². The van der Waals surface area contributed by atoms with Crippen LogP contribution in [0.3, 0.4) is 0 Å². The van der Waals surface area contributed by atoms with Crippen molar-refractivity contribution in [1.29, 1.82) is 0 Å². The van der Waals surface area contributed by atoms with E-state index in [9.17, 15) is 9.59 Å². The number of nitrogens with two attached hydrogens (primary N) is 2. The van der Waals surface area contributed by atoms with E-state index in [1.165, 1.54) is 0 Å². The molecule has 1 aromatic rings. The van der Waals surface area contributed by atoms with E-state index < -0.39 is 0 Å². The van der Waals surface area contributed by atoms with Crippen molar-refractivity contribution in [1.82, 2.24) is 4.90 Å². The number of anilines is 1. The highest BCUT2D eigenvalue weighted by Crippen LogP contribution is 2.20. The summed E-state index contributed by atoms with van der Waals surface area (Å²) in [4.78, 5) is 24.9. The summed E-state index contributed by atoms with van der Waals surface area (Å²) in [7, 11) is 0. The first-order valence-corrected chi connectivity index (χ1v) is 7.29. The lowest BCUT2D eigenvalue weighted by Crippen LogP contribution is -2.39. The van der Waals surface area contributed by atoms with Crippen molar-refractivity contribution in [3.8, 4) is 0 Å². The van der Waals surface area contributed by atoms with Crippen LogP contribution < -0.4 is 11.5 Å². The number of hydrogen-bond acceptors (Lipinski definition) is 3. The number of nitrogens with zero attached hydrogens (tertiary/aromatic N) is 1. The number of hydrogen-bond donors (Lipinski definition) is 2. The molecule has 1 saturated heterocycles. The third kappa shape index (κ3) is 4.77. The smallest absolute Gasteiger partial charge is 0.226 e. The summed E-state index contributed by atoms with van der Waals surface area (Å²) in [5.74, 6) is 0.127. The summed E-state index contributed by atoms with van der Waals surface area (Å²) >= 11 is 0. The fourth-order valence-electron chi connectivity index (χ4n) is 2.63. The summed E-state index contributed by atoms with van der Waals surface area (Å²) in [6, 6.07) is 7.53. The van der Waals surface area contributed by atoms with Gasteiger partial charge in [0.05, 0.1) is 6.42 Å². The van der Waals surface area contributed by atoms with E-state index in [1.54, 1.807) is 6.42 Å². The maximum atomic E-state index is 12.1. The maximum absolute atomic E-state index is 12.1. The van der Waals surface area contributed by atoms with E-state index in [2.05, 4.69) is 0 Å². The fourth-order valence-corrected chi connectivity index (χ4v) is 2.63. The summed E-state index contributed by atoms with van der Waals surface area (Å²) in [5.41, 5.74) is 12.6. The van der Waals surface area contributed by atoms with Gasteiger partial charge in [0.1, 0.15) is 0 Å². The second kappa shape index (κ2) is 7.11. The minimum Gasteiger partial charge on any atom is -0.399 e. The van der Waals surface area contributed by atoms with E-state index in [0.29, 0.717) is 31.8 Å². The molecule has 113 valence electrons. The molecule has 5 heteroatoms. The quantitative estimate of drug-likeness (QED) is 0.796. The van der Waals surface area contributed by atoms with Crippen LogP contribution in [-0.4, -0.2) is 29.8 Å². The molecule has 1 aliphatic rings. The van der Waals surface area contributed by atoms with E-state index in [4.69, 9.17) is 11.5 Å². The predicted octanol–water partition coefficient (Wildman–Crippen LogP) is 1.13. The molecular formula is C16H22N3O2. The number of piperidine rings is 1. The predicted molar refractivity (Wildman–Crippen MR) is 82.0 cm³/mol. The second-order valence-corrected chi connectivity index (χ2v) is 5.59. The van der Waals surface area contributed by atoms with Crippen LogP contribution in [0.25, 0.3) is 0 Å². The van der Waals surface area contributed by atoms with E-state index in [1.807, 2.05) is 29.2 Å². The number of nitrogen functional groups attached to an aromatic ring is 1. The molecule has 2 amide bonds. The molecule has 0 aliphatic carbocycles. The molecule has 0 bridgehead atoms. The molecule has 0 atom stereocenters. The highest BCUT2D eigenvalue weighted by Gasteiger charge is 2.23. The number of rotatable bonds is 5. The lowest BCUT2D eigenvalue weighted by Gasteiger charge is -2.31. The zero-order valence-electron chi connectivity index (χ0n) is 12.1. The van der Waals surface area contributed by atoms with Crippen LogP contribution in [-0.2, 0) is 16.0 Å². The van der Waals surface area contributed by atoms with Gasteiger partial charge >= 0.3 is 0 Å². The second-order valence-electron chi connectivity index (χ2n) is 5.59. The van der Waals surface area contributed by atoms with Gasteiger partial charge in [-0.2, -0.15) is 0 Å². The molecule has 1 fully saturated rings. The minimum atomic E-state index is -0.255. The molecule has 1 aliphatic heterocycles. The Morgan fingerprint density at radius 3 is 2.38 bits per heavy atom. The van der Waals surface area contributed by atoms with Crippen molar-refractivity contribution in [2.24, 2.45) is 11.7 Å². The van der Waals surface area contributed by atoms with Crippen LogP contribution in [0.4, 0.5) is 5.69 Å². The molecule has 1 radical (unpaired) electrons. The Bertz CT molecular complexity index is 491. The zero-order valence-corrected chi connectivity index (χ0v) is 12.1. The van der Waals surface area contributed by atoms with Crippen molar-refractivity contribution in [3.63, 3.8) is 0 Å². The lowest BCUT2D eigenvalue weighted by atomic mass is 9.93. The van der Waals surface area contributed by atoms with Gasteiger partial charge in [-0.1, -0.05) is 12.1 Å². The topological polar surface area (TPSA) is 89.4 Å². The van der Waals surface area contributed by atoms with Gasteiger partial charge in [0, 0.05) is 25.2 Å². The van der Waals surface area contributed by atoms with Gasteiger partial charge in [-0.3, -0.25) is 9.59 Å². The molecule has 1 heterocycles. The summed E-state index contributed by atoms with van der Waals surface area (Å²) in [6.07, 6.45) is 4.45. The summed E-state index contributed by atoms with van der Waals surface area (Å²) in [6.45, 7) is 1.41. The largest absolute Gasteiger partial charge is 0.399 e. The van der Waals surface area contributed by atoms with Crippen LogP contribution in [0, 0.1) is 12.3 Å². The SMILES string of the molecule is NC(=O)CC1CCN(C(=O)[CH]Cc2ccc(N)cc2)CC1. The van der Waals surface area contributed by atoms with Crippen molar-refractivity contribution >= 4 is 17.5 Å². The fraction of sp³-hybridized carbons (Fsp3) is 0.438. The van der Waals surface area contributed by atoms with Gasteiger partial charge in [-0.05, 0) is 42.9 Å². The van der Waals surface area contributed by atoms with Crippen LogP contribution in [0.2, 0.25) is 0 Å². The number of carbonyl (C=O) groups is 2. The van der Waals surface area contributed by atoms with Crippen molar-refractivity contribution in [2.45, 2.75) is 25.7 Å². The molecule has 2 rings (SSSR count). The molecule has 1 aromatic carbocycles. The van der Waals surface area contributed by atoms with Crippen molar-refractivity contribution < 1.29 is 9.59 Å². The monoisotopic (exact) mass is 288 g/mol. The average Bonchev–Trinajstić information content (AvgIpc) is 2.46. The lowest BCUT2D eigenvalue weighted by molar-refractivity contribution is -0.129. The molecule has 0 aromatic heterocycles. The number of likely N-dealkylation sites (tertiary alicyclic amines) is 1. The van der Waals surface area contributed by atoms with E-state index in [0.717, 1.165) is 24.1 Å². The molecule has 21 heavy (non-hydrogen) atoms. The highest BCUT2D eigenvalue weighted by molar-refractivity contribution is 5.85. The minimum absolute atomic E-state index is 0.0596. The van der Waals surface area contributed by atoms with E-state index >= 15 is 0 Å². The van der Waals surface area contributed by atoms with Gasteiger partial charge in [0.25, 0.3) is 0 Å². The summed E-state index contributed by atoms with van der Waals surface area (Å²) in [5, 5.41) is 0. The van der Waals surface area contributed by atoms with Gasteiger partial charge < -0.3 is 16.4 Å². The van der Waals surface area contributed by atoms with Gasteiger partial charge in [0.2, 0.25) is 11.8 Å². The molecule has 5 nitrogen and oxygen atoms in total. The molecule has 0 unspecified atom stereocenters. The Morgan fingerprint density at radius 2 is 1.81 bits per heavy atom. The molecule has 0 saturated carbocycles. The zero-order chi connectivity index (χ0) is 15.2. The Labute approximate surface area is 125 Å². The molecule has 4 N–H and O–H groups in total. The first kappa shape index (κ1) is 15.4. The third-order valence-electron chi connectivity index (χ3n) is 3.91. The first-order chi connectivity index (χ1) is 10.0. The Balaban J connectivity index is 1.74. The Morgan fingerprint density at radius 1 is 1.19 bits per heavy atom. The van der Waals surface area contributed by atoms with Gasteiger partial charge in [0.15, 0.2) is 0 Å². The standard InChI is InChI=1S/C16H22N3O2/c17-14-4-1-12(2-5-14)3-6-16(21)19-9-7-13(8-10-19)11-15(18)20/h1-2,4-6,13H,3,7-11,17H2,(H2,18,20). The number of carbonyl (C=O) groups excluding carboxylic acids is 2. The third-order valence-corrected chi connectivity index (χ3v) is 3.91. The van der Waals surface area contributed by atoms with Crippen LogP contribution in [0.15, 0.2) is 24.3 Å². The van der Waals surface area contributed by atoms with Crippen molar-refractivity contribution in [3.05, 3.63) is 36.2 Å². The summed E-state index contributed by atoms with van der Waals surface area (Å²) < 4.78 is 0. The van der Waals surface area contributed by atoms with Crippen molar-refractivity contribution in [2.75, 3.05) is 18.8 Å². The normalized spacial score (nSPS) is 15.9. The van der Waals surface area contributed by atoms with Crippen LogP contribution >= 0.6 is 0 Å². The van der Waals surface area contributed by atoms with Gasteiger partial charge in [-0.25, -0.2) is 0 Å². The average molecular weight is 288 g/mol. The van der Waals surface area contributed by atoms with Crippen LogP contribution in [0.1, 0.15) is 24.8 Å². The Kier molecular flexibility index (Phi) is 5.20. The molecular weight excluding hydrogens is 266 g/mol. The Hall–Kier alpha value is -2.04. The highest BCUT2D eigenvalue weighted by atomic mass is 16.2. The van der Waals surface area contributed by atoms with Crippen LogP contribution in [0.5, 0.6) is 0 Å². The maximum Gasteiger partial charge on any atom is 0.226 e. The number of primary amides is 1.